The fourth-order valence-corrected chi connectivity index (χ4v) is 2.16. The van der Waals surface area contributed by atoms with Crippen molar-refractivity contribution >= 4 is 12.6 Å². The second-order valence-corrected chi connectivity index (χ2v) is 5.06. The van der Waals surface area contributed by atoms with Gasteiger partial charge >= 0.3 is 0 Å². The summed E-state index contributed by atoms with van der Waals surface area (Å²) in [7, 11) is 2.15. The van der Waals surface area contributed by atoms with Crippen LogP contribution in [0.2, 0.25) is 0 Å². The molecule has 0 bridgehead atoms. The average molecular weight is 267 g/mol. The Balaban J connectivity index is 1.86. The van der Waals surface area contributed by atoms with E-state index in [9.17, 15) is 0 Å². The third kappa shape index (κ3) is 3.82. The SMILES string of the molecule is CN(CCCS)CCc1ccc2c(c1)OCCO2. The molecule has 0 spiro atoms. The molecule has 0 aliphatic carbocycles. The quantitative estimate of drug-likeness (QED) is 0.799. The highest BCUT2D eigenvalue weighted by atomic mass is 32.1. The molecule has 1 aromatic carbocycles. The van der Waals surface area contributed by atoms with Crippen LogP contribution in [0.1, 0.15) is 12.0 Å². The molecule has 0 N–H and O–H groups in total. The summed E-state index contributed by atoms with van der Waals surface area (Å²) in [5.74, 6) is 2.71. The van der Waals surface area contributed by atoms with Gasteiger partial charge in [-0.25, -0.2) is 0 Å². The molecular weight excluding hydrogens is 246 g/mol. The van der Waals surface area contributed by atoms with E-state index in [0.717, 1.165) is 43.2 Å². The van der Waals surface area contributed by atoms with E-state index >= 15 is 0 Å². The zero-order chi connectivity index (χ0) is 12.8. The van der Waals surface area contributed by atoms with Crippen LogP contribution in [-0.4, -0.2) is 44.0 Å². The standard InChI is InChI=1S/C14H21NO2S/c1-15(6-2-10-18)7-5-12-3-4-13-14(11-12)17-9-8-16-13/h3-4,11,18H,2,5-10H2,1H3. The lowest BCUT2D eigenvalue weighted by atomic mass is 10.1. The van der Waals surface area contributed by atoms with Gasteiger partial charge in [0, 0.05) is 6.54 Å². The zero-order valence-corrected chi connectivity index (χ0v) is 11.8. The number of fused-ring (bicyclic) bond motifs is 1. The number of thiol groups is 1. The molecule has 3 nitrogen and oxygen atoms in total. The van der Waals surface area contributed by atoms with Gasteiger partial charge in [-0.1, -0.05) is 6.07 Å². The normalized spacial score (nSPS) is 13.9. The van der Waals surface area contributed by atoms with Gasteiger partial charge in [-0.05, 0) is 49.9 Å². The Morgan fingerprint density at radius 2 is 1.94 bits per heavy atom. The van der Waals surface area contributed by atoms with Gasteiger partial charge in [-0.15, -0.1) is 0 Å². The number of benzene rings is 1. The number of rotatable bonds is 6. The third-order valence-corrected chi connectivity index (χ3v) is 3.40. The molecule has 4 heteroatoms. The molecule has 0 unspecified atom stereocenters. The summed E-state index contributed by atoms with van der Waals surface area (Å²) in [5, 5.41) is 0. The minimum atomic E-state index is 0.651. The minimum absolute atomic E-state index is 0.651. The topological polar surface area (TPSA) is 21.7 Å². The van der Waals surface area contributed by atoms with Crippen LogP contribution in [0.3, 0.4) is 0 Å². The van der Waals surface area contributed by atoms with Gasteiger partial charge in [0.2, 0.25) is 0 Å². The van der Waals surface area contributed by atoms with Crippen molar-refractivity contribution in [1.29, 1.82) is 0 Å². The summed E-state index contributed by atoms with van der Waals surface area (Å²) in [6.45, 7) is 3.47. The fraction of sp³-hybridized carbons (Fsp3) is 0.571. The van der Waals surface area contributed by atoms with Gasteiger partial charge in [0.1, 0.15) is 13.2 Å². The van der Waals surface area contributed by atoms with Gasteiger partial charge in [0.15, 0.2) is 11.5 Å². The van der Waals surface area contributed by atoms with Gasteiger partial charge in [0.25, 0.3) is 0 Å². The number of nitrogens with zero attached hydrogens (tertiary/aromatic N) is 1. The smallest absolute Gasteiger partial charge is 0.161 e. The maximum Gasteiger partial charge on any atom is 0.161 e. The van der Waals surface area contributed by atoms with E-state index in [0.29, 0.717) is 13.2 Å². The van der Waals surface area contributed by atoms with Crippen molar-refractivity contribution < 1.29 is 9.47 Å². The van der Waals surface area contributed by atoms with E-state index in [1.54, 1.807) is 0 Å². The van der Waals surface area contributed by atoms with Crippen molar-refractivity contribution in [3.05, 3.63) is 23.8 Å². The number of hydrogen-bond acceptors (Lipinski definition) is 4. The van der Waals surface area contributed by atoms with Crippen molar-refractivity contribution in [1.82, 2.24) is 4.90 Å². The van der Waals surface area contributed by atoms with Gasteiger partial charge in [0.05, 0.1) is 0 Å². The molecule has 100 valence electrons. The number of ether oxygens (including phenoxy) is 2. The lowest BCUT2D eigenvalue weighted by Crippen LogP contribution is -2.22. The van der Waals surface area contributed by atoms with Crippen molar-refractivity contribution in [2.75, 3.05) is 39.1 Å². The molecule has 0 atom stereocenters. The van der Waals surface area contributed by atoms with Crippen LogP contribution in [0.25, 0.3) is 0 Å². The number of hydrogen-bond donors (Lipinski definition) is 1. The summed E-state index contributed by atoms with van der Waals surface area (Å²) >= 11 is 4.23. The molecule has 18 heavy (non-hydrogen) atoms. The Morgan fingerprint density at radius 3 is 2.72 bits per heavy atom. The first-order chi connectivity index (χ1) is 8.79. The molecular formula is C14H21NO2S. The van der Waals surface area contributed by atoms with Crippen LogP contribution in [-0.2, 0) is 6.42 Å². The van der Waals surface area contributed by atoms with E-state index in [1.807, 2.05) is 6.07 Å². The second kappa shape index (κ2) is 6.90. The maximum atomic E-state index is 5.59. The molecule has 1 aliphatic heterocycles. The molecule has 0 radical (unpaired) electrons. The highest BCUT2D eigenvalue weighted by molar-refractivity contribution is 7.80. The van der Waals surface area contributed by atoms with Gasteiger partial charge < -0.3 is 14.4 Å². The molecule has 0 amide bonds. The largest absolute Gasteiger partial charge is 0.486 e. The van der Waals surface area contributed by atoms with Crippen molar-refractivity contribution in [3.8, 4) is 11.5 Å². The van der Waals surface area contributed by atoms with Gasteiger partial charge in [-0.2, -0.15) is 12.6 Å². The third-order valence-electron chi connectivity index (χ3n) is 3.09. The van der Waals surface area contributed by atoms with Crippen molar-refractivity contribution in [3.63, 3.8) is 0 Å². The number of likely N-dealkylation sites (N-methyl/N-ethyl adjacent to an activating group) is 1. The Bertz CT molecular complexity index is 384. The zero-order valence-electron chi connectivity index (χ0n) is 10.9. The van der Waals surface area contributed by atoms with Crippen LogP contribution in [0.15, 0.2) is 18.2 Å². The Labute approximate surface area is 114 Å². The molecule has 0 saturated heterocycles. The molecule has 0 saturated carbocycles. The lowest BCUT2D eigenvalue weighted by molar-refractivity contribution is 0.171. The summed E-state index contributed by atoms with van der Waals surface area (Å²) in [4.78, 5) is 2.34. The fourth-order valence-electron chi connectivity index (χ4n) is 2.02. The van der Waals surface area contributed by atoms with Gasteiger partial charge in [-0.3, -0.25) is 0 Å². The van der Waals surface area contributed by atoms with E-state index in [2.05, 4.69) is 36.7 Å². The predicted octanol–water partition coefficient (Wildman–Crippen LogP) is 2.25. The van der Waals surface area contributed by atoms with E-state index in [4.69, 9.17) is 9.47 Å². The summed E-state index contributed by atoms with van der Waals surface area (Å²) < 4.78 is 11.1. The molecule has 1 aliphatic rings. The van der Waals surface area contributed by atoms with E-state index in [-0.39, 0.29) is 0 Å². The van der Waals surface area contributed by atoms with Crippen LogP contribution in [0, 0.1) is 0 Å². The van der Waals surface area contributed by atoms with Crippen LogP contribution < -0.4 is 9.47 Å². The first-order valence-corrected chi connectivity index (χ1v) is 7.11. The minimum Gasteiger partial charge on any atom is -0.486 e. The van der Waals surface area contributed by atoms with Crippen LogP contribution in [0.5, 0.6) is 11.5 Å². The first-order valence-electron chi connectivity index (χ1n) is 6.47. The molecule has 0 aromatic heterocycles. The summed E-state index contributed by atoms with van der Waals surface area (Å²) in [6.07, 6.45) is 2.18. The van der Waals surface area contributed by atoms with Crippen molar-refractivity contribution in [2.24, 2.45) is 0 Å². The van der Waals surface area contributed by atoms with Crippen LogP contribution >= 0.6 is 12.6 Å². The van der Waals surface area contributed by atoms with Crippen molar-refractivity contribution in [2.45, 2.75) is 12.8 Å². The van der Waals surface area contributed by atoms with Crippen LogP contribution in [0.4, 0.5) is 0 Å². The van der Waals surface area contributed by atoms with E-state index in [1.165, 1.54) is 5.56 Å². The summed E-state index contributed by atoms with van der Waals surface area (Å²) in [5.41, 5.74) is 1.30. The van der Waals surface area contributed by atoms with E-state index < -0.39 is 0 Å². The molecule has 1 aromatic rings. The Kier molecular flexibility index (Phi) is 5.20. The maximum absolute atomic E-state index is 5.59. The highest BCUT2D eigenvalue weighted by Gasteiger charge is 2.11. The highest BCUT2D eigenvalue weighted by Crippen LogP contribution is 2.30. The average Bonchev–Trinajstić information content (AvgIpc) is 2.42. The molecule has 2 rings (SSSR count). The first kappa shape index (κ1) is 13.6. The molecule has 0 fully saturated rings. The Hall–Kier alpha value is -0.870. The monoisotopic (exact) mass is 267 g/mol. The lowest BCUT2D eigenvalue weighted by Gasteiger charge is -2.20. The predicted molar refractivity (Wildman–Crippen MR) is 77.1 cm³/mol. The second-order valence-electron chi connectivity index (χ2n) is 4.61. The molecule has 1 heterocycles. The summed E-state index contributed by atoms with van der Waals surface area (Å²) in [6, 6.07) is 6.23. The Morgan fingerprint density at radius 1 is 1.17 bits per heavy atom.